The number of rotatable bonds is 4. The molecule has 0 aliphatic carbocycles. The summed E-state index contributed by atoms with van der Waals surface area (Å²) in [6.45, 7) is 3.35. The van der Waals surface area contributed by atoms with Gasteiger partial charge in [0, 0.05) is 6.04 Å². The van der Waals surface area contributed by atoms with Crippen LogP contribution in [0.25, 0.3) is 0 Å². The van der Waals surface area contributed by atoms with Gasteiger partial charge in [0.1, 0.15) is 5.75 Å². The van der Waals surface area contributed by atoms with Crippen molar-refractivity contribution >= 4 is 0 Å². The molecule has 1 aromatic rings. The van der Waals surface area contributed by atoms with E-state index in [2.05, 4.69) is 12.2 Å². The van der Waals surface area contributed by atoms with Crippen LogP contribution in [0.15, 0.2) is 24.3 Å². The van der Waals surface area contributed by atoms with E-state index in [9.17, 15) is 5.11 Å². The molecular weight excluding hydrogens is 226 g/mol. The van der Waals surface area contributed by atoms with Crippen LogP contribution in [0.4, 0.5) is 0 Å². The maximum Gasteiger partial charge on any atom is 0.119 e. The molecule has 1 aromatic carbocycles. The quantitative estimate of drug-likeness (QED) is 0.861. The van der Waals surface area contributed by atoms with Gasteiger partial charge in [-0.05, 0) is 49.4 Å². The molecular formula is C15H23NO2. The molecule has 0 bridgehead atoms. The van der Waals surface area contributed by atoms with E-state index < -0.39 is 6.10 Å². The van der Waals surface area contributed by atoms with Crippen LogP contribution >= 0.6 is 0 Å². The highest BCUT2D eigenvalue weighted by molar-refractivity contribution is 5.29. The van der Waals surface area contributed by atoms with Crippen molar-refractivity contribution in [2.75, 3.05) is 13.7 Å². The number of hydrogen-bond acceptors (Lipinski definition) is 3. The molecule has 2 N–H and O–H groups in total. The van der Waals surface area contributed by atoms with Gasteiger partial charge in [-0.2, -0.15) is 0 Å². The maximum absolute atomic E-state index is 10.3. The first-order valence-electron chi connectivity index (χ1n) is 6.74. The number of aliphatic hydroxyl groups excluding tert-OH is 1. The lowest BCUT2D eigenvalue weighted by molar-refractivity contribution is 0.138. The molecule has 0 radical (unpaired) electrons. The highest BCUT2D eigenvalue weighted by atomic mass is 16.5. The van der Waals surface area contributed by atoms with E-state index in [0.29, 0.717) is 6.04 Å². The van der Waals surface area contributed by atoms with Crippen molar-refractivity contribution in [2.24, 2.45) is 5.92 Å². The summed E-state index contributed by atoms with van der Waals surface area (Å²) in [4.78, 5) is 0. The Labute approximate surface area is 109 Å². The standard InChI is InChI=1S/C15H23NO2/c1-11-6-7-16-13(8-11)10-15(17)12-4-3-5-14(9-12)18-2/h3-5,9,11,13,15-17H,6-8,10H2,1-2H3. The molecule has 3 unspecified atom stereocenters. The number of methoxy groups -OCH3 is 1. The van der Waals surface area contributed by atoms with E-state index in [4.69, 9.17) is 4.74 Å². The van der Waals surface area contributed by atoms with Crippen molar-refractivity contribution in [2.45, 2.75) is 38.3 Å². The lowest BCUT2D eigenvalue weighted by Gasteiger charge is -2.29. The zero-order valence-corrected chi connectivity index (χ0v) is 11.2. The summed E-state index contributed by atoms with van der Waals surface area (Å²) >= 11 is 0. The van der Waals surface area contributed by atoms with Crippen LogP contribution in [-0.2, 0) is 0 Å². The number of piperidine rings is 1. The first-order valence-corrected chi connectivity index (χ1v) is 6.74. The van der Waals surface area contributed by atoms with Crippen LogP contribution in [0.1, 0.15) is 37.9 Å². The molecule has 100 valence electrons. The summed E-state index contributed by atoms with van der Waals surface area (Å²) in [7, 11) is 1.65. The van der Waals surface area contributed by atoms with Crippen molar-refractivity contribution in [1.29, 1.82) is 0 Å². The van der Waals surface area contributed by atoms with Crippen LogP contribution in [0.2, 0.25) is 0 Å². The summed E-state index contributed by atoms with van der Waals surface area (Å²) in [5, 5.41) is 13.8. The second-order valence-electron chi connectivity index (χ2n) is 5.31. The van der Waals surface area contributed by atoms with Crippen molar-refractivity contribution in [1.82, 2.24) is 5.32 Å². The summed E-state index contributed by atoms with van der Waals surface area (Å²) in [5.41, 5.74) is 0.939. The molecule has 18 heavy (non-hydrogen) atoms. The molecule has 3 nitrogen and oxygen atoms in total. The van der Waals surface area contributed by atoms with Gasteiger partial charge < -0.3 is 15.2 Å². The Morgan fingerprint density at radius 3 is 3.06 bits per heavy atom. The summed E-state index contributed by atoms with van der Waals surface area (Å²) in [6.07, 6.45) is 2.76. The van der Waals surface area contributed by atoms with Crippen LogP contribution in [0.3, 0.4) is 0 Å². The Morgan fingerprint density at radius 1 is 1.50 bits per heavy atom. The van der Waals surface area contributed by atoms with Gasteiger partial charge in [0.25, 0.3) is 0 Å². The average Bonchev–Trinajstić information content (AvgIpc) is 2.39. The monoisotopic (exact) mass is 249 g/mol. The second-order valence-corrected chi connectivity index (χ2v) is 5.31. The van der Waals surface area contributed by atoms with Crippen molar-refractivity contribution in [3.8, 4) is 5.75 Å². The summed E-state index contributed by atoms with van der Waals surface area (Å²) < 4.78 is 5.19. The number of benzene rings is 1. The molecule has 0 aromatic heterocycles. The van der Waals surface area contributed by atoms with Gasteiger partial charge in [-0.15, -0.1) is 0 Å². The highest BCUT2D eigenvalue weighted by Gasteiger charge is 2.21. The predicted octanol–water partition coefficient (Wildman–Crippen LogP) is 2.51. The van der Waals surface area contributed by atoms with Gasteiger partial charge in [-0.1, -0.05) is 19.1 Å². The Morgan fingerprint density at radius 2 is 2.33 bits per heavy atom. The molecule has 1 aliphatic rings. The van der Waals surface area contributed by atoms with Crippen LogP contribution in [0, 0.1) is 5.92 Å². The SMILES string of the molecule is COc1cccc(C(O)CC2CC(C)CCN2)c1. The molecule has 3 heteroatoms. The fourth-order valence-electron chi connectivity index (χ4n) is 2.65. The number of nitrogens with one attached hydrogen (secondary N) is 1. The minimum atomic E-state index is -0.414. The smallest absolute Gasteiger partial charge is 0.119 e. The molecule has 0 saturated carbocycles. The fraction of sp³-hybridized carbons (Fsp3) is 0.600. The fourth-order valence-corrected chi connectivity index (χ4v) is 2.65. The normalized spacial score (nSPS) is 25.7. The largest absolute Gasteiger partial charge is 0.497 e. The van der Waals surface area contributed by atoms with E-state index in [0.717, 1.165) is 36.6 Å². The molecule has 1 saturated heterocycles. The molecule has 3 atom stereocenters. The second kappa shape index (κ2) is 6.21. The Kier molecular flexibility index (Phi) is 4.61. The van der Waals surface area contributed by atoms with Crippen molar-refractivity contribution in [3.05, 3.63) is 29.8 Å². The van der Waals surface area contributed by atoms with Crippen molar-refractivity contribution in [3.63, 3.8) is 0 Å². The molecule has 1 heterocycles. The zero-order chi connectivity index (χ0) is 13.0. The molecule has 1 aliphatic heterocycles. The van der Waals surface area contributed by atoms with Crippen molar-refractivity contribution < 1.29 is 9.84 Å². The molecule has 2 rings (SSSR count). The molecule has 1 fully saturated rings. The molecule has 0 spiro atoms. The zero-order valence-electron chi connectivity index (χ0n) is 11.2. The first-order chi connectivity index (χ1) is 8.69. The highest BCUT2D eigenvalue weighted by Crippen LogP contribution is 2.26. The van der Waals surface area contributed by atoms with Crippen LogP contribution in [0.5, 0.6) is 5.75 Å². The topological polar surface area (TPSA) is 41.5 Å². The summed E-state index contributed by atoms with van der Waals surface area (Å²) in [5.74, 6) is 1.56. The van der Waals surface area contributed by atoms with Gasteiger partial charge in [0.2, 0.25) is 0 Å². The third-order valence-electron chi connectivity index (χ3n) is 3.74. The van der Waals surface area contributed by atoms with Gasteiger partial charge in [0.05, 0.1) is 13.2 Å². The first kappa shape index (κ1) is 13.4. The number of aliphatic hydroxyl groups is 1. The number of ether oxygens (including phenoxy) is 1. The Bertz CT molecular complexity index is 381. The Balaban J connectivity index is 1.95. The predicted molar refractivity (Wildman–Crippen MR) is 72.8 cm³/mol. The maximum atomic E-state index is 10.3. The van der Waals surface area contributed by atoms with Crippen LogP contribution < -0.4 is 10.1 Å². The lowest BCUT2D eigenvalue weighted by atomic mass is 9.90. The summed E-state index contributed by atoms with van der Waals surface area (Å²) in [6, 6.07) is 8.12. The third kappa shape index (κ3) is 3.47. The van der Waals surface area contributed by atoms with Crippen LogP contribution in [-0.4, -0.2) is 24.8 Å². The Hall–Kier alpha value is -1.06. The number of hydrogen-bond donors (Lipinski definition) is 2. The minimum absolute atomic E-state index is 0.414. The minimum Gasteiger partial charge on any atom is -0.497 e. The van der Waals surface area contributed by atoms with E-state index in [1.807, 2.05) is 24.3 Å². The van der Waals surface area contributed by atoms with Gasteiger partial charge in [0.15, 0.2) is 0 Å². The van der Waals surface area contributed by atoms with E-state index >= 15 is 0 Å². The van der Waals surface area contributed by atoms with E-state index in [1.54, 1.807) is 7.11 Å². The van der Waals surface area contributed by atoms with Gasteiger partial charge >= 0.3 is 0 Å². The lowest BCUT2D eigenvalue weighted by Crippen LogP contribution is -2.38. The third-order valence-corrected chi connectivity index (χ3v) is 3.74. The van der Waals surface area contributed by atoms with E-state index in [1.165, 1.54) is 6.42 Å². The average molecular weight is 249 g/mol. The van der Waals surface area contributed by atoms with Gasteiger partial charge in [-0.25, -0.2) is 0 Å². The van der Waals surface area contributed by atoms with Gasteiger partial charge in [-0.3, -0.25) is 0 Å². The molecule has 0 amide bonds. The van der Waals surface area contributed by atoms with E-state index in [-0.39, 0.29) is 0 Å².